The molecule has 2 rings (SSSR count). The Hall–Kier alpha value is -0.610. The van der Waals surface area contributed by atoms with E-state index in [1.54, 1.807) is 0 Å². The average molecular weight is 253 g/mol. The van der Waals surface area contributed by atoms with E-state index >= 15 is 0 Å². The van der Waals surface area contributed by atoms with Gasteiger partial charge in [0.15, 0.2) is 0 Å². The van der Waals surface area contributed by atoms with Crippen molar-refractivity contribution in [1.82, 2.24) is 10.2 Å². The standard InChI is InChI=1S/C14H27N3O/c1-10-9-12(15)7-8-17(10)11(2)14(18)16-13-5-3-4-6-13/h10-13H,3-9,15H2,1-2H3,(H,16,18). The van der Waals surface area contributed by atoms with Gasteiger partial charge >= 0.3 is 0 Å². The highest BCUT2D eigenvalue weighted by Crippen LogP contribution is 2.21. The van der Waals surface area contributed by atoms with Crippen LogP contribution >= 0.6 is 0 Å². The summed E-state index contributed by atoms with van der Waals surface area (Å²) < 4.78 is 0. The molecule has 0 radical (unpaired) electrons. The fraction of sp³-hybridized carbons (Fsp3) is 0.929. The van der Waals surface area contributed by atoms with Crippen molar-refractivity contribution >= 4 is 5.91 Å². The number of piperidine rings is 1. The van der Waals surface area contributed by atoms with Gasteiger partial charge in [-0.05, 0) is 39.5 Å². The molecular weight excluding hydrogens is 226 g/mol. The zero-order valence-corrected chi connectivity index (χ0v) is 11.7. The monoisotopic (exact) mass is 253 g/mol. The van der Waals surface area contributed by atoms with E-state index in [-0.39, 0.29) is 11.9 Å². The summed E-state index contributed by atoms with van der Waals surface area (Å²) in [5.41, 5.74) is 5.97. The summed E-state index contributed by atoms with van der Waals surface area (Å²) >= 11 is 0. The number of carbonyl (C=O) groups excluding carboxylic acids is 1. The Kier molecular flexibility index (Phi) is 4.62. The van der Waals surface area contributed by atoms with Crippen molar-refractivity contribution in [2.45, 2.75) is 76.5 Å². The third kappa shape index (κ3) is 3.23. The molecular formula is C14H27N3O. The van der Waals surface area contributed by atoms with Crippen molar-refractivity contribution < 1.29 is 4.79 Å². The second kappa shape index (κ2) is 6.02. The topological polar surface area (TPSA) is 58.4 Å². The smallest absolute Gasteiger partial charge is 0.237 e. The lowest BCUT2D eigenvalue weighted by Crippen LogP contribution is -2.55. The molecule has 4 heteroatoms. The van der Waals surface area contributed by atoms with Gasteiger partial charge in [-0.3, -0.25) is 9.69 Å². The largest absolute Gasteiger partial charge is 0.352 e. The van der Waals surface area contributed by atoms with Gasteiger partial charge < -0.3 is 11.1 Å². The summed E-state index contributed by atoms with van der Waals surface area (Å²) in [6, 6.07) is 1.12. The molecule has 0 aromatic rings. The normalized spacial score (nSPS) is 32.4. The second-order valence-corrected chi connectivity index (χ2v) is 6.04. The lowest BCUT2D eigenvalue weighted by atomic mass is 9.97. The predicted molar refractivity (Wildman–Crippen MR) is 73.2 cm³/mol. The fourth-order valence-corrected chi connectivity index (χ4v) is 3.34. The van der Waals surface area contributed by atoms with Crippen LogP contribution in [-0.4, -0.2) is 41.5 Å². The Morgan fingerprint density at radius 1 is 1.33 bits per heavy atom. The molecule has 1 aliphatic carbocycles. The molecule has 2 aliphatic rings. The first kappa shape index (κ1) is 13.8. The Labute approximate surface area is 110 Å². The van der Waals surface area contributed by atoms with Crippen molar-refractivity contribution in [3.05, 3.63) is 0 Å². The van der Waals surface area contributed by atoms with Crippen molar-refractivity contribution in [2.75, 3.05) is 6.54 Å². The number of nitrogens with two attached hydrogens (primary N) is 1. The van der Waals surface area contributed by atoms with Crippen LogP contribution in [0.25, 0.3) is 0 Å². The number of hydrogen-bond acceptors (Lipinski definition) is 3. The first-order chi connectivity index (χ1) is 8.58. The fourth-order valence-electron chi connectivity index (χ4n) is 3.34. The van der Waals surface area contributed by atoms with Gasteiger partial charge in [-0.25, -0.2) is 0 Å². The Morgan fingerprint density at radius 3 is 2.61 bits per heavy atom. The lowest BCUT2D eigenvalue weighted by Gasteiger charge is -2.39. The molecule has 0 spiro atoms. The summed E-state index contributed by atoms with van der Waals surface area (Å²) in [4.78, 5) is 14.5. The maximum Gasteiger partial charge on any atom is 0.237 e. The van der Waals surface area contributed by atoms with E-state index in [2.05, 4.69) is 17.1 Å². The molecule has 1 aliphatic heterocycles. The van der Waals surface area contributed by atoms with Crippen LogP contribution in [0.2, 0.25) is 0 Å². The van der Waals surface area contributed by atoms with Crippen molar-refractivity contribution in [3.63, 3.8) is 0 Å². The Morgan fingerprint density at radius 2 is 2.00 bits per heavy atom. The zero-order chi connectivity index (χ0) is 13.1. The predicted octanol–water partition coefficient (Wildman–Crippen LogP) is 1.25. The number of nitrogens with zero attached hydrogens (tertiary/aromatic N) is 1. The first-order valence-electron chi connectivity index (χ1n) is 7.39. The molecule has 104 valence electrons. The lowest BCUT2D eigenvalue weighted by molar-refractivity contribution is -0.128. The summed E-state index contributed by atoms with van der Waals surface area (Å²) in [5.74, 6) is 0.198. The third-order valence-corrected chi connectivity index (χ3v) is 4.55. The minimum atomic E-state index is -0.0203. The molecule has 0 aromatic carbocycles. The van der Waals surface area contributed by atoms with E-state index < -0.39 is 0 Å². The zero-order valence-electron chi connectivity index (χ0n) is 11.7. The number of carbonyl (C=O) groups is 1. The van der Waals surface area contributed by atoms with Crippen LogP contribution in [0.3, 0.4) is 0 Å². The van der Waals surface area contributed by atoms with Gasteiger partial charge in [0.05, 0.1) is 6.04 Å². The maximum atomic E-state index is 12.2. The molecule has 0 bridgehead atoms. The molecule has 2 fully saturated rings. The van der Waals surface area contributed by atoms with Crippen LogP contribution in [0, 0.1) is 0 Å². The van der Waals surface area contributed by atoms with Crippen LogP contribution in [0.5, 0.6) is 0 Å². The van der Waals surface area contributed by atoms with E-state index in [0.29, 0.717) is 18.1 Å². The van der Waals surface area contributed by atoms with Crippen LogP contribution in [-0.2, 0) is 4.79 Å². The minimum Gasteiger partial charge on any atom is -0.352 e. The molecule has 1 saturated heterocycles. The Bertz CT molecular complexity index is 289. The molecule has 18 heavy (non-hydrogen) atoms. The van der Waals surface area contributed by atoms with Crippen LogP contribution in [0.1, 0.15) is 52.4 Å². The summed E-state index contributed by atoms with van der Waals surface area (Å²) in [6.45, 7) is 5.15. The summed E-state index contributed by atoms with van der Waals surface area (Å²) in [6.07, 6.45) is 6.83. The molecule has 1 heterocycles. The first-order valence-corrected chi connectivity index (χ1v) is 7.39. The van der Waals surface area contributed by atoms with Crippen LogP contribution in [0.15, 0.2) is 0 Å². The van der Waals surface area contributed by atoms with Crippen molar-refractivity contribution in [3.8, 4) is 0 Å². The summed E-state index contributed by atoms with van der Waals surface area (Å²) in [7, 11) is 0. The van der Waals surface area contributed by atoms with Crippen molar-refractivity contribution in [1.29, 1.82) is 0 Å². The number of hydrogen-bond donors (Lipinski definition) is 2. The highest BCUT2D eigenvalue weighted by molar-refractivity contribution is 5.81. The van der Waals surface area contributed by atoms with Crippen LogP contribution in [0.4, 0.5) is 0 Å². The number of nitrogens with one attached hydrogen (secondary N) is 1. The molecule has 3 N–H and O–H groups in total. The molecule has 0 aromatic heterocycles. The van der Waals surface area contributed by atoms with Crippen molar-refractivity contribution in [2.24, 2.45) is 5.73 Å². The highest BCUT2D eigenvalue weighted by atomic mass is 16.2. The number of likely N-dealkylation sites (tertiary alicyclic amines) is 1. The van der Waals surface area contributed by atoms with Gasteiger partial charge in [0.2, 0.25) is 5.91 Å². The number of rotatable bonds is 3. The highest BCUT2D eigenvalue weighted by Gasteiger charge is 2.31. The minimum absolute atomic E-state index is 0.0203. The quantitative estimate of drug-likeness (QED) is 0.796. The molecule has 1 saturated carbocycles. The van der Waals surface area contributed by atoms with Gasteiger partial charge in [-0.1, -0.05) is 12.8 Å². The molecule has 3 atom stereocenters. The van der Waals surface area contributed by atoms with Gasteiger partial charge in [-0.15, -0.1) is 0 Å². The van der Waals surface area contributed by atoms with Gasteiger partial charge in [0, 0.05) is 24.7 Å². The SMILES string of the molecule is CC1CC(N)CCN1C(C)C(=O)NC1CCCC1. The van der Waals surface area contributed by atoms with E-state index in [4.69, 9.17) is 5.73 Å². The number of amides is 1. The molecule has 1 amide bonds. The van der Waals surface area contributed by atoms with E-state index in [1.165, 1.54) is 12.8 Å². The van der Waals surface area contributed by atoms with E-state index in [0.717, 1.165) is 32.2 Å². The summed E-state index contributed by atoms with van der Waals surface area (Å²) in [5, 5.41) is 3.20. The average Bonchev–Trinajstić information content (AvgIpc) is 2.81. The van der Waals surface area contributed by atoms with Gasteiger partial charge in [0.25, 0.3) is 0 Å². The third-order valence-electron chi connectivity index (χ3n) is 4.55. The second-order valence-electron chi connectivity index (χ2n) is 6.04. The van der Waals surface area contributed by atoms with E-state index in [9.17, 15) is 4.79 Å². The Balaban J connectivity index is 1.85. The maximum absolute atomic E-state index is 12.2. The van der Waals surface area contributed by atoms with Gasteiger partial charge in [0.1, 0.15) is 0 Å². The molecule has 4 nitrogen and oxygen atoms in total. The van der Waals surface area contributed by atoms with Gasteiger partial charge in [-0.2, -0.15) is 0 Å². The van der Waals surface area contributed by atoms with E-state index in [1.807, 2.05) is 6.92 Å². The molecule has 3 unspecified atom stereocenters. The van der Waals surface area contributed by atoms with Crippen LogP contribution < -0.4 is 11.1 Å².